The van der Waals surface area contributed by atoms with Crippen molar-refractivity contribution in [3.05, 3.63) is 18.0 Å². The van der Waals surface area contributed by atoms with Gasteiger partial charge in [0.1, 0.15) is 0 Å². The van der Waals surface area contributed by atoms with Crippen LogP contribution in [-0.2, 0) is 13.0 Å². The van der Waals surface area contributed by atoms with Crippen LogP contribution < -0.4 is 5.73 Å². The van der Waals surface area contributed by atoms with Crippen LogP contribution >= 0.6 is 11.8 Å². The van der Waals surface area contributed by atoms with Crippen molar-refractivity contribution >= 4 is 11.8 Å². The molecule has 0 aliphatic heterocycles. The number of aromatic nitrogens is 2. The summed E-state index contributed by atoms with van der Waals surface area (Å²) in [6.45, 7) is 1.72. The number of rotatable bonds is 6. The van der Waals surface area contributed by atoms with Crippen LogP contribution in [0.1, 0.15) is 12.0 Å². The highest BCUT2D eigenvalue weighted by molar-refractivity contribution is 7.98. The quantitative estimate of drug-likeness (QED) is 0.699. The molecule has 4 heteroatoms. The monoisotopic (exact) mass is 199 g/mol. The van der Waals surface area contributed by atoms with Gasteiger partial charge in [-0.05, 0) is 37.0 Å². The van der Waals surface area contributed by atoms with Crippen LogP contribution in [0.3, 0.4) is 0 Å². The molecule has 0 fully saturated rings. The van der Waals surface area contributed by atoms with E-state index in [0.29, 0.717) is 6.54 Å². The summed E-state index contributed by atoms with van der Waals surface area (Å²) in [5, 5.41) is 4.26. The van der Waals surface area contributed by atoms with E-state index in [9.17, 15) is 0 Å². The van der Waals surface area contributed by atoms with Crippen LogP contribution in [0.4, 0.5) is 0 Å². The lowest BCUT2D eigenvalue weighted by molar-refractivity contribution is 0.606. The van der Waals surface area contributed by atoms with Crippen LogP contribution in [0.15, 0.2) is 12.4 Å². The van der Waals surface area contributed by atoms with Crippen LogP contribution in [0, 0.1) is 0 Å². The average Bonchev–Trinajstić information content (AvgIpc) is 2.54. The van der Waals surface area contributed by atoms with Gasteiger partial charge in [-0.3, -0.25) is 4.68 Å². The Balaban J connectivity index is 2.31. The van der Waals surface area contributed by atoms with E-state index >= 15 is 0 Å². The standard InChI is InChI=1S/C9H17N3S/c1-13-6-2-5-12-8-9(3-4-10)7-11-12/h7-8H,2-6,10H2,1H3. The molecule has 0 unspecified atom stereocenters. The molecule has 0 atom stereocenters. The predicted octanol–water partition coefficient (Wildman–Crippen LogP) is 1.14. The molecule has 1 aromatic heterocycles. The second-order valence-corrected chi connectivity index (χ2v) is 3.98. The van der Waals surface area contributed by atoms with Gasteiger partial charge in [-0.2, -0.15) is 16.9 Å². The lowest BCUT2D eigenvalue weighted by atomic mass is 10.3. The molecule has 0 aromatic carbocycles. The molecule has 0 saturated heterocycles. The van der Waals surface area contributed by atoms with Gasteiger partial charge in [-0.1, -0.05) is 0 Å². The highest BCUT2D eigenvalue weighted by Gasteiger charge is 1.96. The summed E-state index contributed by atoms with van der Waals surface area (Å²) in [5.74, 6) is 1.20. The molecule has 1 heterocycles. The molecule has 0 spiro atoms. The van der Waals surface area contributed by atoms with Crippen molar-refractivity contribution in [3.8, 4) is 0 Å². The number of thioether (sulfide) groups is 1. The van der Waals surface area contributed by atoms with Crippen molar-refractivity contribution in [2.45, 2.75) is 19.4 Å². The molecular weight excluding hydrogens is 182 g/mol. The number of nitrogens with two attached hydrogens (primary N) is 1. The zero-order valence-corrected chi connectivity index (χ0v) is 8.89. The summed E-state index contributed by atoms with van der Waals surface area (Å²) in [6.07, 6.45) is 8.25. The third-order valence-corrected chi connectivity index (χ3v) is 2.55. The first-order valence-corrected chi connectivity index (χ1v) is 5.96. The molecule has 0 aliphatic rings. The highest BCUT2D eigenvalue weighted by atomic mass is 32.2. The van der Waals surface area contributed by atoms with E-state index in [1.807, 2.05) is 22.6 Å². The SMILES string of the molecule is CSCCCn1cc(CCN)cn1. The van der Waals surface area contributed by atoms with Crippen LogP contribution in [-0.4, -0.2) is 28.3 Å². The van der Waals surface area contributed by atoms with Gasteiger partial charge in [0, 0.05) is 12.7 Å². The third kappa shape index (κ3) is 3.83. The molecule has 1 aromatic rings. The van der Waals surface area contributed by atoms with Gasteiger partial charge in [0.2, 0.25) is 0 Å². The smallest absolute Gasteiger partial charge is 0.0522 e. The summed E-state index contributed by atoms with van der Waals surface area (Å²) in [5.41, 5.74) is 6.69. The molecule has 2 N–H and O–H groups in total. The van der Waals surface area contributed by atoms with Gasteiger partial charge in [0.15, 0.2) is 0 Å². The van der Waals surface area contributed by atoms with Gasteiger partial charge < -0.3 is 5.73 Å². The average molecular weight is 199 g/mol. The van der Waals surface area contributed by atoms with E-state index < -0.39 is 0 Å². The van der Waals surface area contributed by atoms with Crippen molar-refractivity contribution in [1.82, 2.24) is 9.78 Å². The van der Waals surface area contributed by atoms with Gasteiger partial charge in [0.05, 0.1) is 6.20 Å². The van der Waals surface area contributed by atoms with Gasteiger partial charge in [0.25, 0.3) is 0 Å². The van der Waals surface area contributed by atoms with Gasteiger partial charge >= 0.3 is 0 Å². The molecule has 1 rings (SSSR count). The van der Waals surface area contributed by atoms with E-state index in [2.05, 4.69) is 17.6 Å². The van der Waals surface area contributed by atoms with E-state index in [0.717, 1.165) is 13.0 Å². The summed E-state index contributed by atoms with van der Waals surface area (Å²) in [4.78, 5) is 0. The predicted molar refractivity (Wildman–Crippen MR) is 58.0 cm³/mol. The van der Waals surface area contributed by atoms with Crippen molar-refractivity contribution in [3.63, 3.8) is 0 Å². The minimum Gasteiger partial charge on any atom is -0.330 e. The topological polar surface area (TPSA) is 43.8 Å². The molecule has 0 amide bonds. The van der Waals surface area contributed by atoms with E-state index in [1.54, 1.807) is 0 Å². The normalized spacial score (nSPS) is 10.6. The Morgan fingerprint density at radius 1 is 1.62 bits per heavy atom. The molecule has 13 heavy (non-hydrogen) atoms. The Bertz CT molecular complexity index is 235. The van der Waals surface area contributed by atoms with Crippen LogP contribution in [0.25, 0.3) is 0 Å². The summed E-state index contributed by atoms with van der Waals surface area (Å²) < 4.78 is 2.00. The van der Waals surface area contributed by atoms with Crippen LogP contribution in [0.2, 0.25) is 0 Å². The van der Waals surface area contributed by atoms with Crippen LogP contribution in [0.5, 0.6) is 0 Å². The summed E-state index contributed by atoms with van der Waals surface area (Å²) in [7, 11) is 0. The fraction of sp³-hybridized carbons (Fsp3) is 0.667. The first-order valence-electron chi connectivity index (χ1n) is 4.57. The zero-order chi connectivity index (χ0) is 9.52. The first kappa shape index (κ1) is 10.6. The molecule has 74 valence electrons. The molecule has 0 saturated carbocycles. The fourth-order valence-electron chi connectivity index (χ4n) is 1.20. The number of hydrogen-bond donors (Lipinski definition) is 1. The molecule has 0 radical (unpaired) electrons. The minimum atomic E-state index is 0.705. The molecule has 3 nitrogen and oxygen atoms in total. The van der Waals surface area contributed by atoms with Crippen molar-refractivity contribution in [2.24, 2.45) is 5.73 Å². The van der Waals surface area contributed by atoms with E-state index in [1.165, 1.54) is 17.7 Å². The Hall–Kier alpha value is -0.480. The Morgan fingerprint density at radius 3 is 3.15 bits per heavy atom. The number of hydrogen-bond acceptors (Lipinski definition) is 3. The summed E-state index contributed by atoms with van der Waals surface area (Å²) >= 11 is 1.88. The summed E-state index contributed by atoms with van der Waals surface area (Å²) in [6, 6.07) is 0. The van der Waals surface area contributed by atoms with E-state index in [-0.39, 0.29) is 0 Å². The third-order valence-electron chi connectivity index (χ3n) is 1.86. The first-order chi connectivity index (χ1) is 6.36. The lowest BCUT2D eigenvalue weighted by Gasteiger charge is -1.98. The number of nitrogens with zero attached hydrogens (tertiary/aromatic N) is 2. The highest BCUT2D eigenvalue weighted by Crippen LogP contribution is 2.01. The maximum absolute atomic E-state index is 5.45. The molecule has 0 bridgehead atoms. The van der Waals surface area contributed by atoms with E-state index in [4.69, 9.17) is 5.73 Å². The molecule has 0 aliphatic carbocycles. The minimum absolute atomic E-state index is 0.705. The zero-order valence-electron chi connectivity index (χ0n) is 8.07. The number of aryl methyl sites for hydroxylation is 1. The largest absolute Gasteiger partial charge is 0.330 e. The Kier molecular flexibility index (Phi) is 4.93. The molecular formula is C9H17N3S. The second kappa shape index (κ2) is 6.05. The lowest BCUT2D eigenvalue weighted by Crippen LogP contribution is -2.02. The Labute approximate surface area is 83.7 Å². The second-order valence-electron chi connectivity index (χ2n) is 3.00. The fourth-order valence-corrected chi connectivity index (χ4v) is 1.61. The van der Waals surface area contributed by atoms with Gasteiger partial charge in [-0.15, -0.1) is 0 Å². The Morgan fingerprint density at radius 2 is 2.46 bits per heavy atom. The van der Waals surface area contributed by atoms with Crippen molar-refractivity contribution < 1.29 is 0 Å². The van der Waals surface area contributed by atoms with Gasteiger partial charge in [-0.25, -0.2) is 0 Å². The maximum atomic E-state index is 5.45. The van der Waals surface area contributed by atoms with Crippen molar-refractivity contribution in [2.75, 3.05) is 18.6 Å². The maximum Gasteiger partial charge on any atom is 0.0522 e. The van der Waals surface area contributed by atoms with Crippen molar-refractivity contribution in [1.29, 1.82) is 0 Å².